The number of nitrogens with two attached hydrogens (primary N) is 1. The van der Waals surface area contributed by atoms with Crippen LogP contribution in [0.5, 0.6) is 0 Å². The van der Waals surface area contributed by atoms with Gasteiger partial charge in [-0.1, -0.05) is 49.6 Å². The summed E-state index contributed by atoms with van der Waals surface area (Å²) in [6, 6.07) is 10.6. The molecule has 1 aromatic carbocycles. The molecule has 1 aromatic rings. The molecule has 18 heavy (non-hydrogen) atoms. The SMILES string of the molecule is COC(c1ccccc1)C(NN)C1CCCCC1. The molecule has 2 atom stereocenters. The Morgan fingerprint density at radius 2 is 1.83 bits per heavy atom. The van der Waals surface area contributed by atoms with Crippen molar-refractivity contribution >= 4 is 0 Å². The third-order valence-corrected chi connectivity index (χ3v) is 4.06. The van der Waals surface area contributed by atoms with E-state index in [-0.39, 0.29) is 12.1 Å². The summed E-state index contributed by atoms with van der Waals surface area (Å²) >= 11 is 0. The molecular weight excluding hydrogens is 224 g/mol. The Morgan fingerprint density at radius 3 is 2.39 bits per heavy atom. The summed E-state index contributed by atoms with van der Waals surface area (Å²) in [4.78, 5) is 0. The van der Waals surface area contributed by atoms with Gasteiger partial charge < -0.3 is 4.74 Å². The second-order valence-electron chi connectivity index (χ2n) is 5.16. The molecule has 0 saturated heterocycles. The van der Waals surface area contributed by atoms with Gasteiger partial charge in [0, 0.05) is 7.11 Å². The molecule has 0 aromatic heterocycles. The molecule has 0 amide bonds. The number of hydrazine groups is 1. The minimum Gasteiger partial charge on any atom is -0.375 e. The summed E-state index contributed by atoms with van der Waals surface area (Å²) in [7, 11) is 1.77. The van der Waals surface area contributed by atoms with E-state index in [0.717, 1.165) is 0 Å². The lowest BCUT2D eigenvalue weighted by Crippen LogP contribution is -2.46. The summed E-state index contributed by atoms with van der Waals surface area (Å²) in [5.41, 5.74) is 4.20. The van der Waals surface area contributed by atoms with Crippen molar-refractivity contribution in [1.29, 1.82) is 0 Å². The number of nitrogens with one attached hydrogen (secondary N) is 1. The third-order valence-electron chi connectivity index (χ3n) is 4.06. The highest BCUT2D eigenvalue weighted by Crippen LogP contribution is 2.33. The largest absolute Gasteiger partial charge is 0.375 e. The molecule has 3 nitrogen and oxygen atoms in total. The van der Waals surface area contributed by atoms with E-state index in [1.165, 1.54) is 37.7 Å². The van der Waals surface area contributed by atoms with Gasteiger partial charge in [0.1, 0.15) is 0 Å². The Balaban J connectivity index is 2.13. The number of hydrogen-bond acceptors (Lipinski definition) is 3. The molecule has 1 fully saturated rings. The molecule has 3 N–H and O–H groups in total. The zero-order valence-corrected chi connectivity index (χ0v) is 11.1. The van der Waals surface area contributed by atoms with Crippen LogP contribution in [0.1, 0.15) is 43.8 Å². The number of benzene rings is 1. The Morgan fingerprint density at radius 1 is 1.17 bits per heavy atom. The quantitative estimate of drug-likeness (QED) is 0.622. The topological polar surface area (TPSA) is 47.3 Å². The van der Waals surface area contributed by atoms with Gasteiger partial charge in [-0.2, -0.15) is 0 Å². The van der Waals surface area contributed by atoms with Gasteiger partial charge in [0.2, 0.25) is 0 Å². The Bertz CT molecular complexity index is 336. The van der Waals surface area contributed by atoms with Crippen molar-refractivity contribution in [2.24, 2.45) is 11.8 Å². The van der Waals surface area contributed by atoms with E-state index in [1.54, 1.807) is 7.11 Å². The van der Waals surface area contributed by atoms with Gasteiger partial charge in [-0.05, 0) is 24.3 Å². The van der Waals surface area contributed by atoms with Crippen molar-refractivity contribution in [1.82, 2.24) is 5.43 Å². The van der Waals surface area contributed by atoms with Crippen LogP contribution >= 0.6 is 0 Å². The first-order valence-electron chi connectivity index (χ1n) is 6.90. The summed E-state index contributed by atoms with van der Waals surface area (Å²) in [6.07, 6.45) is 6.53. The maximum Gasteiger partial charge on any atom is 0.0990 e. The van der Waals surface area contributed by atoms with Crippen molar-refractivity contribution in [2.75, 3.05) is 7.11 Å². The van der Waals surface area contributed by atoms with Crippen LogP contribution in [-0.2, 0) is 4.74 Å². The van der Waals surface area contributed by atoms with Gasteiger partial charge >= 0.3 is 0 Å². The van der Waals surface area contributed by atoms with Crippen molar-refractivity contribution in [3.05, 3.63) is 35.9 Å². The third kappa shape index (κ3) is 3.10. The highest BCUT2D eigenvalue weighted by Gasteiger charge is 2.30. The molecule has 0 aliphatic heterocycles. The lowest BCUT2D eigenvalue weighted by Gasteiger charge is -2.34. The lowest BCUT2D eigenvalue weighted by molar-refractivity contribution is 0.0382. The van der Waals surface area contributed by atoms with Gasteiger partial charge in [0.25, 0.3) is 0 Å². The van der Waals surface area contributed by atoms with E-state index >= 15 is 0 Å². The molecule has 2 rings (SSSR count). The molecule has 2 unspecified atom stereocenters. The first-order valence-corrected chi connectivity index (χ1v) is 6.90. The van der Waals surface area contributed by atoms with Crippen LogP contribution in [0.3, 0.4) is 0 Å². The average Bonchev–Trinajstić information content (AvgIpc) is 2.46. The van der Waals surface area contributed by atoms with E-state index in [0.29, 0.717) is 5.92 Å². The van der Waals surface area contributed by atoms with Crippen LogP contribution in [0.25, 0.3) is 0 Å². The fourth-order valence-electron chi connectivity index (χ4n) is 3.10. The summed E-state index contributed by atoms with van der Waals surface area (Å²) in [5, 5.41) is 0. The minimum atomic E-state index is 0.0410. The molecule has 0 spiro atoms. The van der Waals surface area contributed by atoms with E-state index in [9.17, 15) is 0 Å². The van der Waals surface area contributed by atoms with E-state index in [2.05, 4.69) is 29.7 Å². The maximum atomic E-state index is 5.79. The Hall–Kier alpha value is -0.900. The van der Waals surface area contributed by atoms with Crippen molar-refractivity contribution in [3.8, 4) is 0 Å². The van der Waals surface area contributed by atoms with Gasteiger partial charge in [0.05, 0.1) is 12.1 Å². The molecule has 3 heteroatoms. The highest BCUT2D eigenvalue weighted by molar-refractivity contribution is 5.19. The Labute approximate surface area is 110 Å². The standard InChI is InChI=1S/C15H24N2O/c1-18-15(13-10-6-3-7-11-13)14(17-16)12-8-4-2-5-9-12/h3,6-7,10-12,14-15,17H,2,4-5,8-9,16H2,1H3. The normalized spacial score (nSPS) is 20.6. The summed E-state index contributed by atoms with van der Waals surface area (Å²) in [6.45, 7) is 0. The molecule has 0 radical (unpaired) electrons. The molecular formula is C15H24N2O. The van der Waals surface area contributed by atoms with Gasteiger partial charge in [-0.25, -0.2) is 0 Å². The zero-order chi connectivity index (χ0) is 12.8. The highest BCUT2D eigenvalue weighted by atomic mass is 16.5. The van der Waals surface area contributed by atoms with Crippen LogP contribution in [-0.4, -0.2) is 13.2 Å². The van der Waals surface area contributed by atoms with Crippen molar-refractivity contribution in [2.45, 2.75) is 44.2 Å². The zero-order valence-electron chi connectivity index (χ0n) is 11.1. The van der Waals surface area contributed by atoms with E-state index in [1.807, 2.05) is 6.07 Å². The second kappa shape index (κ2) is 6.88. The fraction of sp³-hybridized carbons (Fsp3) is 0.600. The predicted molar refractivity (Wildman–Crippen MR) is 73.9 cm³/mol. The first kappa shape index (κ1) is 13.5. The van der Waals surface area contributed by atoms with Crippen LogP contribution in [0.15, 0.2) is 30.3 Å². The van der Waals surface area contributed by atoms with Crippen molar-refractivity contribution in [3.63, 3.8) is 0 Å². The Kier molecular flexibility index (Phi) is 5.17. The van der Waals surface area contributed by atoms with E-state index in [4.69, 9.17) is 10.6 Å². The van der Waals surface area contributed by atoms with Crippen LogP contribution in [0.2, 0.25) is 0 Å². The predicted octanol–water partition coefficient (Wildman–Crippen LogP) is 2.79. The van der Waals surface area contributed by atoms with Gasteiger partial charge in [-0.15, -0.1) is 0 Å². The van der Waals surface area contributed by atoms with Gasteiger partial charge in [0.15, 0.2) is 0 Å². The molecule has 0 heterocycles. The maximum absolute atomic E-state index is 5.79. The monoisotopic (exact) mass is 248 g/mol. The number of methoxy groups -OCH3 is 1. The number of hydrogen-bond donors (Lipinski definition) is 2. The van der Waals surface area contributed by atoms with Crippen LogP contribution < -0.4 is 11.3 Å². The first-order chi connectivity index (χ1) is 8.86. The van der Waals surface area contributed by atoms with Crippen LogP contribution in [0, 0.1) is 5.92 Å². The molecule has 1 aliphatic carbocycles. The molecule has 1 aliphatic rings. The molecule has 0 bridgehead atoms. The lowest BCUT2D eigenvalue weighted by atomic mass is 9.80. The number of ether oxygens (including phenoxy) is 1. The molecule has 100 valence electrons. The number of rotatable bonds is 5. The summed E-state index contributed by atoms with van der Waals surface area (Å²) < 4.78 is 5.70. The molecule has 1 saturated carbocycles. The van der Waals surface area contributed by atoms with Gasteiger partial charge in [-0.3, -0.25) is 11.3 Å². The summed E-state index contributed by atoms with van der Waals surface area (Å²) in [5.74, 6) is 6.41. The van der Waals surface area contributed by atoms with Crippen LogP contribution in [0.4, 0.5) is 0 Å². The second-order valence-corrected chi connectivity index (χ2v) is 5.16. The fourth-order valence-corrected chi connectivity index (χ4v) is 3.10. The smallest absolute Gasteiger partial charge is 0.0990 e. The van der Waals surface area contributed by atoms with E-state index < -0.39 is 0 Å². The average molecular weight is 248 g/mol. The minimum absolute atomic E-state index is 0.0410. The van der Waals surface area contributed by atoms with Crippen molar-refractivity contribution < 1.29 is 4.74 Å².